The second kappa shape index (κ2) is 6.56. The van der Waals surface area contributed by atoms with Crippen molar-refractivity contribution in [2.45, 2.75) is 12.5 Å². The zero-order chi connectivity index (χ0) is 15.2. The SMILES string of the molecule is O=C(O)CC(NC(=O)c1cnccn1)c1cccc(F)c1. The lowest BCUT2D eigenvalue weighted by molar-refractivity contribution is -0.137. The lowest BCUT2D eigenvalue weighted by atomic mass is 10.0. The van der Waals surface area contributed by atoms with Crippen LogP contribution >= 0.6 is 0 Å². The van der Waals surface area contributed by atoms with Crippen molar-refractivity contribution >= 4 is 11.9 Å². The number of rotatable bonds is 5. The number of aromatic nitrogens is 2. The molecule has 6 nitrogen and oxygen atoms in total. The summed E-state index contributed by atoms with van der Waals surface area (Å²) in [5.41, 5.74) is 0.430. The molecule has 1 aromatic heterocycles. The minimum absolute atomic E-state index is 0.0595. The van der Waals surface area contributed by atoms with Gasteiger partial charge in [0.25, 0.3) is 5.91 Å². The third kappa shape index (κ3) is 4.07. The van der Waals surface area contributed by atoms with Crippen LogP contribution in [-0.2, 0) is 4.79 Å². The highest BCUT2D eigenvalue weighted by Gasteiger charge is 2.20. The van der Waals surface area contributed by atoms with E-state index in [-0.39, 0.29) is 12.1 Å². The van der Waals surface area contributed by atoms with Gasteiger partial charge in [0.2, 0.25) is 0 Å². The highest BCUT2D eigenvalue weighted by atomic mass is 19.1. The average molecular weight is 289 g/mol. The highest BCUT2D eigenvalue weighted by molar-refractivity contribution is 5.92. The van der Waals surface area contributed by atoms with E-state index in [1.807, 2.05) is 0 Å². The summed E-state index contributed by atoms with van der Waals surface area (Å²) < 4.78 is 13.2. The fraction of sp³-hybridized carbons (Fsp3) is 0.143. The Balaban J connectivity index is 2.21. The van der Waals surface area contributed by atoms with Gasteiger partial charge in [0.1, 0.15) is 11.5 Å². The molecule has 2 rings (SSSR count). The van der Waals surface area contributed by atoms with E-state index in [0.717, 1.165) is 0 Å². The van der Waals surface area contributed by atoms with Gasteiger partial charge in [-0.2, -0.15) is 0 Å². The van der Waals surface area contributed by atoms with Crippen molar-refractivity contribution in [2.24, 2.45) is 0 Å². The standard InChI is InChI=1S/C14H12FN3O3/c15-10-3-1-2-9(6-10)11(7-13(19)20)18-14(21)12-8-16-4-5-17-12/h1-6,8,11H,7H2,(H,18,21)(H,19,20). The Morgan fingerprint density at radius 1 is 1.33 bits per heavy atom. The van der Waals surface area contributed by atoms with E-state index in [9.17, 15) is 14.0 Å². The number of benzene rings is 1. The summed E-state index contributed by atoms with van der Waals surface area (Å²) in [4.78, 5) is 30.5. The molecule has 1 heterocycles. The normalized spacial score (nSPS) is 11.7. The molecule has 1 unspecified atom stereocenters. The van der Waals surface area contributed by atoms with Crippen molar-refractivity contribution < 1.29 is 19.1 Å². The molecule has 2 aromatic rings. The van der Waals surface area contributed by atoms with E-state index in [0.29, 0.717) is 5.56 Å². The molecule has 1 aromatic carbocycles. The number of halogens is 1. The van der Waals surface area contributed by atoms with Crippen LogP contribution in [0, 0.1) is 5.82 Å². The van der Waals surface area contributed by atoms with E-state index in [1.54, 1.807) is 6.07 Å². The number of nitrogens with one attached hydrogen (secondary N) is 1. The maximum atomic E-state index is 13.2. The Kier molecular flexibility index (Phi) is 4.55. The number of aliphatic carboxylic acids is 1. The van der Waals surface area contributed by atoms with E-state index in [4.69, 9.17) is 5.11 Å². The number of hydrogen-bond donors (Lipinski definition) is 2. The molecule has 0 fully saturated rings. The minimum Gasteiger partial charge on any atom is -0.481 e. The Morgan fingerprint density at radius 3 is 2.76 bits per heavy atom. The number of carbonyl (C=O) groups is 2. The molecule has 1 atom stereocenters. The van der Waals surface area contributed by atoms with Gasteiger partial charge < -0.3 is 10.4 Å². The number of carbonyl (C=O) groups excluding carboxylic acids is 1. The predicted molar refractivity (Wildman–Crippen MR) is 70.9 cm³/mol. The number of carboxylic acid groups (broad SMARTS) is 1. The Bertz CT molecular complexity index is 649. The summed E-state index contributed by atoms with van der Waals surface area (Å²) >= 11 is 0. The molecule has 2 N–H and O–H groups in total. The van der Waals surface area contributed by atoms with Crippen LogP contribution in [0.15, 0.2) is 42.9 Å². The topological polar surface area (TPSA) is 92.2 Å². The second-order valence-electron chi connectivity index (χ2n) is 4.27. The van der Waals surface area contributed by atoms with Crippen LogP contribution in [0.25, 0.3) is 0 Å². The molecule has 0 bridgehead atoms. The van der Waals surface area contributed by atoms with Crippen LogP contribution in [-0.4, -0.2) is 27.0 Å². The molecule has 0 saturated heterocycles. The predicted octanol–water partition coefficient (Wildman–Crippen LogP) is 1.56. The van der Waals surface area contributed by atoms with Crippen molar-refractivity contribution in [1.82, 2.24) is 15.3 Å². The number of amides is 1. The molecular formula is C14H12FN3O3. The van der Waals surface area contributed by atoms with Gasteiger partial charge in [-0.15, -0.1) is 0 Å². The summed E-state index contributed by atoms with van der Waals surface area (Å²) in [6.07, 6.45) is 3.66. The van der Waals surface area contributed by atoms with Crippen LogP contribution in [0.4, 0.5) is 4.39 Å². The first-order chi connectivity index (χ1) is 10.1. The van der Waals surface area contributed by atoms with Crippen molar-refractivity contribution in [3.8, 4) is 0 Å². The van der Waals surface area contributed by atoms with Crippen LogP contribution in [0.1, 0.15) is 28.5 Å². The average Bonchev–Trinajstić information content (AvgIpc) is 2.47. The van der Waals surface area contributed by atoms with E-state index < -0.39 is 23.7 Å². The fourth-order valence-corrected chi connectivity index (χ4v) is 1.80. The molecular weight excluding hydrogens is 277 g/mol. The van der Waals surface area contributed by atoms with Crippen LogP contribution in [0.3, 0.4) is 0 Å². The van der Waals surface area contributed by atoms with E-state index in [2.05, 4.69) is 15.3 Å². The van der Waals surface area contributed by atoms with Gasteiger partial charge in [0, 0.05) is 12.4 Å². The Hall–Kier alpha value is -2.83. The van der Waals surface area contributed by atoms with Gasteiger partial charge in [0.15, 0.2) is 0 Å². The molecule has 108 valence electrons. The monoisotopic (exact) mass is 289 g/mol. The Labute approximate surface area is 119 Å². The molecule has 0 aliphatic carbocycles. The maximum Gasteiger partial charge on any atom is 0.305 e. The van der Waals surface area contributed by atoms with Crippen molar-refractivity contribution in [3.05, 3.63) is 59.9 Å². The quantitative estimate of drug-likeness (QED) is 0.871. The lowest BCUT2D eigenvalue weighted by Gasteiger charge is -2.17. The second-order valence-corrected chi connectivity index (χ2v) is 4.27. The number of carboxylic acids is 1. The van der Waals surface area contributed by atoms with Crippen LogP contribution in [0.2, 0.25) is 0 Å². The van der Waals surface area contributed by atoms with Crippen molar-refractivity contribution in [3.63, 3.8) is 0 Å². The fourth-order valence-electron chi connectivity index (χ4n) is 1.80. The van der Waals surface area contributed by atoms with E-state index in [1.165, 1.54) is 36.8 Å². The summed E-state index contributed by atoms with van der Waals surface area (Å²) in [6.45, 7) is 0. The first kappa shape index (κ1) is 14.6. The summed E-state index contributed by atoms with van der Waals surface area (Å²) in [7, 11) is 0. The van der Waals surface area contributed by atoms with E-state index >= 15 is 0 Å². The largest absolute Gasteiger partial charge is 0.481 e. The molecule has 0 spiro atoms. The molecule has 0 aliphatic heterocycles. The van der Waals surface area contributed by atoms with Gasteiger partial charge in [-0.05, 0) is 17.7 Å². The molecule has 1 amide bonds. The zero-order valence-electron chi connectivity index (χ0n) is 10.9. The van der Waals surface area contributed by atoms with Gasteiger partial charge in [-0.25, -0.2) is 9.37 Å². The van der Waals surface area contributed by atoms with Gasteiger partial charge >= 0.3 is 5.97 Å². The highest BCUT2D eigenvalue weighted by Crippen LogP contribution is 2.18. The number of nitrogens with zero attached hydrogens (tertiary/aromatic N) is 2. The third-order valence-corrected chi connectivity index (χ3v) is 2.73. The van der Waals surface area contributed by atoms with Gasteiger partial charge in [0.05, 0.1) is 18.7 Å². The third-order valence-electron chi connectivity index (χ3n) is 2.73. The van der Waals surface area contributed by atoms with Crippen molar-refractivity contribution in [1.29, 1.82) is 0 Å². The summed E-state index contributed by atoms with van der Waals surface area (Å²) in [6, 6.07) is 4.57. The maximum absolute atomic E-state index is 13.2. The zero-order valence-corrected chi connectivity index (χ0v) is 10.9. The minimum atomic E-state index is -1.11. The molecule has 21 heavy (non-hydrogen) atoms. The van der Waals surface area contributed by atoms with Crippen LogP contribution < -0.4 is 5.32 Å². The summed E-state index contributed by atoms with van der Waals surface area (Å²) in [5.74, 6) is -2.18. The van der Waals surface area contributed by atoms with Crippen molar-refractivity contribution in [2.75, 3.05) is 0 Å². The molecule has 0 saturated carbocycles. The smallest absolute Gasteiger partial charge is 0.305 e. The lowest BCUT2D eigenvalue weighted by Crippen LogP contribution is -2.30. The number of hydrogen-bond acceptors (Lipinski definition) is 4. The molecule has 0 aliphatic rings. The summed E-state index contributed by atoms with van der Waals surface area (Å²) in [5, 5.41) is 11.4. The molecule has 0 radical (unpaired) electrons. The van der Waals surface area contributed by atoms with Gasteiger partial charge in [-0.3, -0.25) is 14.6 Å². The Morgan fingerprint density at radius 2 is 2.14 bits per heavy atom. The molecule has 7 heteroatoms. The first-order valence-electron chi connectivity index (χ1n) is 6.10. The van der Waals surface area contributed by atoms with Gasteiger partial charge in [-0.1, -0.05) is 12.1 Å². The first-order valence-corrected chi connectivity index (χ1v) is 6.10. The van der Waals surface area contributed by atoms with Crippen LogP contribution in [0.5, 0.6) is 0 Å².